The van der Waals surface area contributed by atoms with Crippen LogP contribution >= 0.6 is 0 Å². The fourth-order valence-electron chi connectivity index (χ4n) is 4.26. The molecule has 0 aromatic heterocycles. The third kappa shape index (κ3) is 6.54. The topological polar surface area (TPSA) is 38.7 Å². The second kappa shape index (κ2) is 13.3. The molecule has 40 heavy (non-hydrogen) atoms. The quantitative estimate of drug-likeness (QED) is 0.109. The minimum absolute atomic E-state index is 0.00857. The average molecular weight is 551 g/mol. The highest BCUT2D eigenvalue weighted by molar-refractivity contribution is 5.72. The Kier molecular flexibility index (Phi) is 9.61. The maximum absolute atomic E-state index is 15.1. The van der Waals surface area contributed by atoms with Crippen LogP contribution in [0.15, 0.2) is 85.5 Å². The van der Waals surface area contributed by atoms with E-state index < -0.39 is 29.4 Å². The smallest absolute Gasteiger partial charge is 0.201 e. The summed E-state index contributed by atoms with van der Waals surface area (Å²) >= 11 is 0. The Morgan fingerprint density at radius 2 is 1.35 bits per heavy atom. The van der Waals surface area contributed by atoms with Gasteiger partial charge in [-0.1, -0.05) is 68.0 Å². The number of ether oxygens (including phenoxy) is 2. The molecule has 0 spiro atoms. The Morgan fingerprint density at radius 1 is 0.750 bits per heavy atom. The zero-order chi connectivity index (χ0) is 28.6. The van der Waals surface area contributed by atoms with Crippen LogP contribution in [0.4, 0.5) is 17.6 Å². The van der Waals surface area contributed by atoms with Crippen molar-refractivity contribution in [2.45, 2.75) is 38.9 Å². The highest BCUT2D eigenvalue weighted by Crippen LogP contribution is 2.33. The molecule has 1 unspecified atom stereocenters. The lowest BCUT2D eigenvalue weighted by molar-refractivity contribution is 0.166. The first-order valence-electron chi connectivity index (χ1n) is 13.0. The van der Waals surface area contributed by atoms with E-state index in [2.05, 4.69) is 6.58 Å². The third-order valence-corrected chi connectivity index (χ3v) is 6.52. The van der Waals surface area contributed by atoms with Crippen LogP contribution < -0.4 is 9.47 Å². The summed E-state index contributed by atoms with van der Waals surface area (Å²) < 4.78 is 69.7. The standard InChI is InChI=1S/C33H30F4O3/c1-3-5-19-39-29-18-13-24(30(34)33(29)37)20-40-25-14-11-22(12-15-25)27-17-16-26(31(35)32(27)36)21-7-9-23(10-8-21)28(38)6-4-2/h3,7-18,28,38H,1,4-6,19-20H2,2H3. The van der Waals surface area contributed by atoms with Crippen LogP contribution in [0.25, 0.3) is 22.3 Å². The van der Waals surface area contributed by atoms with Gasteiger partial charge in [0.25, 0.3) is 0 Å². The predicted molar refractivity (Wildman–Crippen MR) is 148 cm³/mol. The number of halogens is 4. The molecule has 0 fully saturated rings. The van der Waals surface area contributed by atoms with Crippen LogP contribution in [0.1, 0.15) is 43.4 Å². The zero-order valence-electron chi connectivity index (χ0n) is 22.1. The number of hydrogen-bond acceptors (Lipinski definition) is 3. The Bertz CT molecular complexity index is 1450. The fraction of sp³-hybridized carbons (Fsp3) is 0.212. The summed E-state index contributed by atoms with van der Waals surface area (Å²) in [7, 11) is 0. The Labute approximate surface area is 231 Å². The fourth-order valence-corrected chi connectivity index (χ4v) is 4.26. The molecule has 4 aromatic carbocycles. The first-order chi connectivity index (χ1) is 19.3. The molecule has 0 bridgehead atoms. The largest absolute Gasteiger partial charge is 0.490 e. The summed E-state index contributed by atoms with van der Waals surface area (Å²) in [4.78, 5) is 0. The van der Waals surface area contributed by atoms with Crippen molar-refractivity contribution in [1.29, 1.82) is 0 Å². The molecule has 4 rings (SSSR count). The Morgan fingerprint density at radius 3 is 1.93 bits per heavy atom. The zero-order valence-corrected chi connectivity index (χ0v) is 22.1. The Hall–Kier alpha value is -4.10. The molecule has 0 saturated heterocycles. The van der Waals surface area contributed by atoms with Gasteiger partial charge in [0, 0.05) is 16.7 Å². The van der Waals surface area contributed by atoms with E-state index in [9.17, 15) is 13.9 Å². The van der Waals surface area contributed by atoms with Crippen LogP contribution in [-0.4, -0.2) is 11.7 Å². The van der Waals surface area contributed by atoms with E-state index in [1.165, 1.54) is 24.3 Å². The number of benzene rings is 4. The SMILES string of the molecule is C=CCCOc1ccc(COc2ccc(-c3ccc(-c4ccc(C(O)CCC)cc4)c(F)c3F)cc2)c(F)c1F. The number of aliphatic hydroxyl groups excluding tert-OH is 1. The number of aliphatic hydroxyl groups is 1. The minimum Gasteiger partial charge on any atom is -0.490 e. The first kappa shape index (κ1) is 28.9. The number of hydrogen-bond donors (Lipinski definition) is 1. The predicted octanol–water partition coefficient (Wildman–Crippen LogP) is 8.94. The summed E-state index contributed by atoms with van der Waals surface area (Å²) in [6, 6.07) is 18.7. The van der Waals surface area contributed by atoms with Gasteiger partial charge in [-0.25, -0.2) is 13.2 Å². The summed E-state index contributed by atoms with van der Waals surface area (Å²) in [6.07, 6.45) is 2.97. The van der Waals surface area contributed by atoms with Crippen LogP contribution in [-0.2, 0) is 6.61 Å². The first-order valence-corrected chi connectivity index (χ1v) is 13.0. The minimum atomic E-state index is -1.09. The third-order valence-electron chi connectivity index (χ3n) is 6.52. The molecule has 0 aliphatic carbocycles. The molecule has 7 heteroatoms. The number of rotatable bonds is 12. The van der Waals surface area contributed by atoms with Crippen molar-refractivity contribution in [3.8, 4) is 33.8 Å². The monoisotopic (exact) mass is 550 g/mol. The Balaban J connectivity index is 1.45. The highest BCUT2D eigenvalue weighted by atomic mass is 19.2. The van der Waals surface area contributed by atoms with Crippen molar-refractivity contribution >= 4 is 0 Å². The highest BCUT2D eigenvalue weighted by Gasteiger charge is 2.18. The molecule has 0 radical (unpaired) electrons. The van der Waals surface area contributed by atoms with Crippen molar-refractivity contribution in [2.24, 2.45) is 0 Å². The molecular weight excluding hydrogens is 520 g/mol. The van der Waals surface area contributed by atoms with Gasteiger partial charge in [0.1, 0.15) is 12.4 Å². The molecule has 0 aliphatic rings. The van der Waals surface area contributed by atoms with Crippen LogP contribution in [0, 0.1) is 23.3 Å². The van der Waals surface area contributed by atoms with E-state index in [1.807, 2.05) is 6.92 Å². The second-order valence-electron chi connectivity index (χ2n) is 9.30. The van der Waals surface area contributed by atoms with E-state index in [1.54, 1.807) is 54.6 Å². The molecule has 0 amide bonds. The van der Waals surface area contributed by atoms with E-state index in [0.717, 1.165) is 12.0 Å². The molecule has 1 atom stereocenters. The normalized spacial score (nSPS) is 11.8. The van der Waals surface area contributed by atoms with Crippen molar-refractivity contribution < 1.29 is 32.1 Å². The van der Waals surface area contributed by atoms with Gasteiger partial charge in [-0.2, -0.15) is 4.39 Å². The summed E-state index contributed by atoms with van der Waals surface area (Å²) in [5.74, 6) is -3.96. The molecule has 208 valence electrons. The van der Waals surface area contributed by atoms with Crippen molar-refractivity contribution in [2.75, 3.05) is 6.61 Å². The van der Waals surface area contributed by atoms with Gasteiger partial charge >= 0.3 is 0 Å². The average Bonchev–Trinajstić information content (AvgIpc) is 2.97. The molecule has 0 heterocycles. The van der Waals surface area contributed by atoms with Crippen molar-refractivity contribution in [1.82, 2.24) is 0 Å². The van der Waals surface area contributed by atoms with Gasteiger partial charge in [0.05, 0.1) is 12.7 Å². The second-order valence-corrected chi connectivity index (χ2v) is 9.30. The summed E-state index contributed by atoms with van der Waals surface area (Å²) in [5.41, 5.74) is 1.84. The van der Waals surface area contributed by atoms with Gasteiger partial charge in [-0.3, -0.25) is 0 Å². The van der Waals surface area contributed by atoms with Gasteiger partial charge in [0.15, 0.2) is 23.2 Å². The van der Waals surface area contributed by atoms with Gasteiger partial charge in [0.2, 0.25) is 5.82 Å². The van der Waals surface area contributed by atoms with Crippen molar-refractivity contribution in [3.63, 3.8) is 0 Å². The van der Waals surface area contributed by atoms with E-state index in [-0.39, 0.29) is 35.7 Å². The maximum Gasteiger partial charge on any atom is 0.201 e. The van der Waals surface area contributed by atoms with Crippen LogP contribution in [0.5, 0.6) is 11.5 Å². The molecule has 0 aliphatic heterocycles. The molecule has 4 aromatic rings. The van der Waals surface area contributed by atoms with E-state index >= 15 is 8.78 Å². The van der Waals surface area contributed by atoms with Crippen LogP contribution in [0.2, 0.25) is 0 Å². The molecular formula is C33H30F4O3. The van der Waals surface area contributed by atoms with Gasteiger partial charge in [-0.05, 0) is 53.8 Å². The van der Waals surface area contributed by atoms with E-state index in [0.29, 0.717) is 29.7 Å². The summed E-state index contributed by atoms with van der Waals surface area (Å²) in [6.45, 7) is 5.48. The lowest BCUT2D eigenvalue weighted by Crippen LogP contribution is -2.04. The summed E-state index contributed by atoms with van der Waals surface area (Å²) in [5, 5.41) is 10.1. The van der Waals surface area contributed by atoms with Gasteiger partial charge in [-0.15, -0.1) is 6.58 Å². The molecule has 3 nitrogen and oxygen atoms in total. The van der Waals surface area contributed by atoms with Crippen LogP contribution in [0.3, 0.4) is 0 Å². The lowest BCUT2D eigenvalue weighted by atomic mass is 9.97. The van der Waals surface area contributed by atoms with Crippen molar-refractivity contribution in [3.05, 3.63) is 120 Å². The maximum atomic E-state index is 15.1. The van der Waals surface area contributed by atoms with Gasteiger partial charge < -0.3 is 14.6 Å². The lowest BCUT2D eigenvalue weighted by Gasteiger charge is -2.13. The van der Waals surface area contributed by atoms with E-state index in [4.69, 9.17) is 9.47 Å². The molecule has 0 saturated carbocycles. The molecule has 1 N–H and O–H groups in total.